The lowest BCUT2D eigenvalue weighted by molar-refractivity contribution is 0.0945. The van der Waals surface area contributed by atoms with Crippen LogP contribution in [0.25, 0.3) is 0 Å². The molecule has 0 unspecified atom stereocenters. The molecule has 0 saturated carbocycles. The molecule has 6 heteroatoms. The third-order valence-corrected chi connectivity index (χ3v) is 3.83. The quantitative estimate of drug-likeness (QED) is 0.686. The van der Waals surface area contributed by atoms with Gasteiger partial charge in [-0.05, 0) is 35.4 Å². The first kappa shape index (κ1) is 17.4. The number of anilines is 1. The van der Waals surface area contributed by atoms with Crippen LogP contribution in [0.3, 0.4) is 0 Å². The largest absolute Gasteiger partial charge is 0.497 e. The number of hydrogen-bond donors (Lipinski definition) is 2. The molecular weight excluding hydrogens is 328 g/mol. The van der Waals surface area contributed by atoms with Crippen LogP contribution in [-0.4, -0.2) is 23.2 Å². The molecule has 0 radical (unpaired) electrons. The van der Waals surface area contributed by atoms with Gasteiger partial charge in [0.15, 0.2) is 5.69 Å². The van der Waals surface area contributed by atoms with E-state index < -0.39 is 0 Å². The lowest BCUT2D eigenvalue weighted by Crippen LogP contribution is -2.24. The van der Waals surface area contributed by atoms with Crippen LogP contribution in [0.1, 0.15) is 21.6 Å². The molecule has 2 aromatic carbocycles. The predicted molar refractivity (Wildman–Crippen MR) is 100.0 cm³/mol. The summed E-state index contributed by atoms with van der Waals surface area (Å²) >= 11 is 0. The number of nitrogens with zero attached hydrogens (tertiary/aromatic N) is 2. The minimum atomic E-state index is -0.261. The second kappa shape index (κ2) is 8.62. The molecule has 2 N–H and O–H groups in total. The number of amides is 1. The van der Waals surface area contributed by atoms with Crippen LogP contribution in [0.2, 0.25) is 0 Å². The van der Waals surface area contributed by atoms with Crippen molar-refractivity contribution < 1.29 is 9.53 Å². The Labute approximate surface area is 152 Å². The van der Waals surface area contributed by atoms with Gasteiger partial charge in [0.25, 0.3) is 5.91 Å². The van der Waals surface area contributed by atoms with E-state index in [-0.39, 0.29) is 11.6 Å². The van der Waals surface area contributed by atoms with Crippen molar-refractivity contribution in [3.63, 3.8) is 0 Å². The van der Waals surface area contributed by atoms with Gasteiger partial charge in [0.2, 0.25) is 0 Å². The molecule has 3 aromatic rings. The molecular formula is C20H20N4O2. The highest BCUT2D eigenvalue weighted by atomic mass is 16.5. The maximum Gasteiger partial charge on any atom is 0.272 e. The lowest BCUT2D eigenvalue weighted by atomic mass is 10.2. The minimum Gasteiger partial charge on any atom is -0.497 e. The van der Waals surface area contributed by atoms with E-state index in [1.165, 1.54) is 0 Å². The van der Waals surface area contributed by atoms with E-state index in [1.807, 2.05) is 54.6 Å². The van der Waals surface area contributed by atoms with Crippen molar-refractivity contribution in [2.75, 3.05) is 12.4 Å². The van der Waals surface area contributed by atoms with Crippen LogP contribution in [0.4, 0.5) is 5.82 Å². The first-order valence-corrected chi connectivity index (χ1v) is 8.27. The molecule has 0 aliphatic carbocycles. The first-order chi connectivity index (χ1) is 12.7. The zero-order chi connectivity index (χ0) is 18.2. The second-order valence-corrected chi connectivity index (χ2v) is 5.67. The summed E-state index contributed by atoms with van der Waals surface area (Å²) in [4.78, 5) is 12.2. The van der Waals surface area contributed by atoms with Gasteiger partial charge in [-0.1, -0.05) is 42.5 Å². The van der Waals surface area contributed by atoms with Crippen LogP contribution in [0.5, 0.6) is 5.75 Å². The number of benzene rings is 2. The summed E-state index contributed by atoms with van der Waals surface area (Å²) < 4.78 is 5.11. The van der Waals surface area contributed by atoms with Crippen molar-refractivity contribution in [3.8, 4) is 5.75 Å². The second-order valence-electron chi connectivity index (χ2n) is 5.67. The normalized spacial score (nSPS) is 10.2. The summed E-state index contributed by atoms with van der Waals surface area (Å²) in [5.41, 5.74) is 2.41. The maximum atomic E-state index is 12.2. The highest BCUT2D eigenvalue weighted by molar-refractivity contribution is 5.92. The average molecular weight is 348 g/mol. The maximum absolute atomic E-state index is 12.2. The third-order valence-electron chi connectivity index (χ3n) is 3.83. The van der Waals surface area contributed by atoms with Gasteiger partial charge in [0.1, 0.15) is 11.6 Å². The highest BCUT2D eigenvalue weighted by Gasteiger charge is 2.08. The Morgan fingerprint density at radius 2 is 1.62 bits per heavy atom. The van der Waals surface area contributed by atoms with Gasteiger partial charge in [-0.2, -0.15) is 0 Å². The van der Waals surface area contributed by atoms with Crippen LogP contribution < -0.4 is 15.4 Å². The Hall–Kier alpha value is -3.41. The Morgan fingerprint density at radius 1 is 0.885 bits per heavy atom. The molecule has 0 atom stereocenters. The molecule has 0 spiro atoms. The molecule has 1 aromatic heterocycles. The van der Waals surface area contributed by atoms with Crippen LogP contribution >= 0.6 is 0 Å². The summed E-state index contributed by atoms with van der Waals surface area (Å²) in [6, 6.07) is 20.9. The molecule has 132 valence electrons. The van der Waals surface area contributed by atoms with Crippen LogP contribution in [-0.2, 0) is 13.1 Å². The van der Waals surface area contributed by atoms with Gasteiger partial charge in [-0.3, -0.25) is 4.79 Å². The van der Waals surface area contributed by atoms with Crippen molar-refractivity contribution in [3.05, 3.63) is 83.6 Å². The van der Waals surface area contributed by atoms with Crippen LogP contribution in [0, 0.1) is 0 Å². The van der Waals surface area contributed by atoms with Crippen molar-refractivity contribution in [2.24, 2.45) is 0 Å². The van der Waals surface area contributed by atoms with E-state index in [4.69, 9.17) is 4.74 Å². The van der Waals surface area contributed by atoms with Crippen molar-refractivity contribution in [1.29, 1.82) is 0 Å². The third kappa shape index (κ3) is 4.80. The molecule has 3 rings (SSSR count). The topological polar surface area (TPSA) is 76.1 Å². The molecule has 1 heterocycles. The van der Waals surface area contributed by atoms with E-state index in [0.717, 1.165) is 16.9 Å². The number of nitrogens with one attached hydrogen (secondary N) is 2. The van der Waals surface area contributed by atoms with Gasteiger partial charge in [0.05, 0.1) is 7.11 Å². The van der Waals surface area contributed by atoms with E-state index in [9.17, 15) is 4.79 Å². The average Bonchev–Trinajstić information content (AvgIpc) is 2.72. The molecule has 1 amide bonds. The molecule has 0 aliphatic rings. The van der Waals surface area contributed by atoms with Crippen molar-refractivity contribution in [2.45, 2.75) is 13.1 Å². The first-order valence-electron chi connectivity index (χ1n) is 8.27. The van der Waals surface area contributed by atoms with E-state index >= 15 is 0 Å². The fraction of sp³-hybridized carbons (Fsp3) is 0.150. The van der Waals surface area contributed by atoms with E-state index in [2.05, 4.69) is 20.8 Å². The van der Waals surface area contributed by atoms with E-state index in [1.54, 1.807) is 19.2 Å². The number of rotatable bonds is 7. The number of methoxy groups -OCH3 is 1. The van der Waals surface area contributed by atoms with E-state index in [0.29, 0.717) is 18.9 Å². The zero-order valence-electron chi connectivity index (χ0n) is 14.5. The summed E-state index contributed by atoms with van der Waals surface area (Å²) in [6.45, 7) is 1.07. The summed E-state index contributed by atoms with van der Waals surface area (Å²) in [5.74, 6) is 1.15. The van der Waals surface area contributed by atoms with Gasteiger partial charge in [-0.25, -0.2) is 0 Å². The predicted octanol–water partition coefficient (Wildman–Crippen LogP) is 3.03. The molecule has 0 aliphatic heterocycles. The Kier molecular flexibility index (Phi) is 5.77. The van der Waals surface area contributed by atoms with Gasteiger partial charge in [-0.15, -0.1) is 10.2 Å². The van der Waals surface area contributed by atoms with Crippen molar-refractivity contribution >= 4 is 11.7 Å². The fourth-order valence-electron chi connectivity index (χ4n) is 2.35. The number of ether oxygens (including phenoxy) is 1. The number of hydrogen-bond acceptors (Lipinski definition) is 5. The van der Waals surface area contributed by atoms with Gasteiger partial charge in [0, 0.05) is 13.1 Å². The molecule has 6 nitrogen and oxygen atoms in total. The van der Waals surface area contributed by atoms with Crippen LogP contribution in [0.15, 0.2) is 66.7 Å². The smallest absolute Gasteiger partial charge is 0.272 e. The Morgan fingerprint density at radius 3 is 2.27 bits per heavy atom. The standard InChI is InChI=1S/C20H20N4O2/c1-26-17-9-7-16(8-10-17)14-22-20(25)18-11-12-19(24-23-18)21-13-15-5-3-2-4-6-15/h2-12H,13-14H2,1H3,(H,21,24)(H,22,25). The van der Waals surface area contributed by atoms with Gasteiger partial charge >= 0.3 is 0 Å². The number of carbonyl (C=O) groups is 1. The minimum absolute atomic E-state index is 0.261. The fourth-order valence-corrected chi connectivity index (χ4v) is 2.35. The SMILES string of the molecule is COc1ccc(CNC(=O)c2ccc(NCc3ccccc3)nn2)cc1. The molecule has 0 saturated heterocycles. The summed E-state index contributed by atoms with van der Waals surface area (Å²) in [5, 5.41) is 14.0. The molecule has 0 bridgehead atoms. The zero-order valence-corrected chi connectivity index (χ0v) is 14.5. The molecule has 26 heavy (non-hydrogen) atoms. The monoisotopic (exact) mass is 348 g/mol. The highest BCUT2D eigenvalue weighted by Crippen LogP contribution is 2.11. The lowest BCUT2D eigenvalue weighted by Gasteiger charge is -2.07. The number of carbonyl (C=O) groups excluding carboxylic acids is 1. The van der Waals surface area contributed by atoms with Gasteiger partial charge < -0.3 is 15.4 Å². The molecule has 0 fully saturated rings. The summed E-state index contributed by atoms with van der Waals surface area (Å²) in [7, 11) is 1.62. The number of aromatic nitrogens is 2. The van der Waals surface area contributed by atoms with Crippen molar-refractivity contribution in [1.82, 2.24) is 15.5 Å². The Bertz CT molecular complexity index is 834. The Balaban J connectivity index is 1.51. The summed E-state index contributed by atoms with van der Waals surface area (Å²) in [6.07, 6.45) is 0.